The number of anilines is 1. The number of aromatic nitrogens is 3. The maximum absolute atomic E-state index is 11.0. The lowest BCUT2D eigenvalue weighted by Crippen LogP contribution is -2.29. The monoisotopic (exact) mass is 300 g/mol. The van der Waals surface area contributed by atoms with Crippen molar-refractivity contribution in [1.29, 1.82) is 0 Å². The first kappa shape index (κ1) is 14.6. The van der Waals surface area contributed by atoms with Gasteiger partial charge in [0.25, 0.3) is 0 Å². The number of rotatable bonds is 5. The summed E-state index contributed by atoms with van der Waals surface area (Å²) in [7, 11) is 0. The van der Waals surface area contributed by atoms with Gasteiger partial charge in [0.05, 0.1) is 12.5 Å². The molecule has 0 amide bonds. The van der Waals surface area contributed by atoms with Crippen molar-refractivity contribution in [2.75, 3.05) is 5.32 Å². The van der Waals surface area contributed by atoms with Gasteiger partial charge in [-0.1, -0.05) is 12.1 Å². The zero-order chi connectivity index (χ0) is 15.4. The summed E-state index contributed by atoms with van der Waals surface area (Å²) >= 11 is 0. The third kappa shape index (κ3) is 3.63. The Balaban J connectivity index is 1.52. The van der Waals surface area contributed by atoms with Gasteiger partial charge in [-0.25, -0.2) is 9.67 Å². The van der Waals surface area contributed by atoms with E-state index < -0.39 is 5.97 Å². The number of aliphatic carboxylic acids is 1. The van der Waals surface area contributed by atoms with E-state index in [1.807, 2.05) is 0 Å². The number of hydrogen-bond donors (Lipinski definition) is 2. The van der Waals surface area contributed by atoms with Crippen LogP contribution in [0.4, 0.5) is 5.69 Å². The maximum atomic E-state index is 11.0. The Bertz CT molecular complexity index is 602. The van der Waals surface area contributed by atoms with Gasteiger partial charge >= 0.3 is 5.97 Å². The van der Waals surface area contributed by atoms with Gasteiger partial charge in [-0.15, -0.1) is 0 Å². The molecule has 0 aliphatic heterocycles. The molecular weight excluding hydrogens is 280 g/mol. The van der Waals surface area contributed by atoms with Crippen LogP contribution < -0.4 is 5.32 Å². The van der Waals surface area contributed by atoms with Crippen molar-refractivity contribution in [3.05, 3.63) is 42.5 Å². The zero-order valence-electron chi connectivity index (χ0n) is 12.4. The van der Waals surface area contributed by atoms with Gasteiger partial charge in [0, 0.05) is 11.7 Å². The molecule has 1 heterocycles. The predicted octanol–water partition coefficient (Wildman–Crippen LogP) is 2.38. The average Bonchev–Trinajstić information content (AvgIpc) is 3.03. The first-order valence-corrected chi connectivity index (χ1v) is 7.61. The number of carbonyl (C=O) groups is 1. The fourth-order valence-electron chi connectivity index (χ4n) is 2.93. The van der Waals surface area contributed by atoms with Gasteiger partial charge < -0.3 is 10.4 Å². The summed E-state index contributed by atoms with van der Waals surface area (Å²) in [6.45, 7) is 0.712. The molecule has 2 aromatic rings. The summed E-state index contributed by atoms with van der Waals surface area (Å²) in [6.07, 6.45) is 6.58. The zero-order valence-corrected chi connectivity index (χ0v) is 12.4. The highest BCUT2D eigenvalue weighted by atomic mass is 16.4. The molecule has 1 saturated carbocycles. The van der Waals surface area contributed by atoms with Crippen molar-refractivity contribution in [1.82, 2.24) is 14.8 Å². The van der Waals surface area contributed by atoms with E-state index >= 15 is 0 Å². The second-order valence-corrected chi connectivity index (χ2v) is 5.82. The van der Waals surface area contributed by atoms with E-state index in [-0.39, 0.29) is 5.92 Å². The van der Waals surface area contributed by atoms with E-state index in [1.54, 1.807) is 11.0 Å². The van der Waals surface area contributed by atoms with Crippen LogP contribution in [0.1, 0.15) is 31.2 Å². The van der Waals surface area contributed by atoms with Crippen LogP contribution in [0.5, 0.6) is 0 Å². The van der Waals surface area contributed by atoms with E-state index in [9.17, 15) is 4.79 Å². The molecule has 3 rings (SSSR count). The van der Waals surface area contributed by atoms with Gasteiger partial charge in [0.2, 0.25) is 0 Å². The molecule has 22 heavy (non-hydrogen) atoms. The minimum absolute atomic E-state index is 0.164. The second-order valence-electron chi connectivity index (χ2n) is 5.82. The largest absolute Gasteiger partial charge is 0.481 e. The Morgan fingerprint density at radius 3 is 2.55 bits per heavy atom. The molecule has 1 aromatic carbocycles. The molecule has 1 aromatic heterocycles. The van der Waals surface area contributed by atoms with Gasteiger partial charge in [-0.3, -0.25) is 4.79 Å². The van der Waals surface area contributed by atoms with Crippen LogP contribution in [0, 0.1) is 5.92 Å². The van der Waals surface area contributed by atoms with Crippen LogP contribution in [0.15, 0.2) is 36.9 Å². The van der Waals surface area contributed by atoms with E-state index in [1.165, 1.54) is 11.9 Å². The van der Waals surface area contributed by atoms with E-state index in [2.05, 4.69) is 39.7 Å². The quantitative estimate of drug-likeness (QED) is 0.886. The summed E-state index contributed by atoms with van der Waals surface area (Å²) in [5, 5.41) is 16.6. The normalized spacial score (nSPS) is 21.5. The highest BCUT2D eigenvalue weighted by Gasteiger charge is 2.25. The van der Waals surface area contributed by atoms with Crippen molar-refractivity contribution in [2.45, 2.75) is 38.3 Å². The van der Waals surface area contributed by atoms with Crippen LogP contribution in [0.3, 0.4) is 0 Å². The molecule has 0 atom stereocenters. The lowest BCUT2D eigenvalue weighted by molar-refractivity contribution is -0.142. The summed E-state index contributed by atoms with van der Waals surface area (Å²) in [4.78, 5) is 14.9. The molecule has 0 bridgehead atoms. The number of hydrogen-bond acceptors (Lipinski definition) is 4. The first-order chi connectivity index (χ1) is 10.7. The van der Waals surface area contributed by atoms with Gasteiger partial charge in [-0.05, 0) is 43.4 Å². The lowest BCUT2D eigenvalue weighted by atomic mass is 9.86. The fourth-order valence-corrected chi connectivity index (χ4v) is 2.93. The van der Waals surface area contributed by atoms with Crippen molar-refractivity contribution in [3.63, 3.8) is 0 Å². The van der Waals surface area contributed by atoms with Crippen LogP contribution in [-0.4, -0.2) is 31.9 Å². The highest BCUT2D eigenvalue weighted by molar-refractivity contribution is 5.70. The molecule has 2 N–H and O–H groups in total. The molecule has 116 valence electrons. The van der Waals surface area contributed by atoms with E-state index in [4.69, 9.17) is 5.11 Å². The van der Waals surface area contributed by atoms with Crippen molar-refractivity contribution < 1.29 is 9.90 Å². The van der Waals surface area contributed by atoms with E-state index in [0.717, 1.165) is 31.4 Å². The molecule has 0 unspecified atom stereocenters. The van der Waals surface area contributed by atoms with Crippen LogP contribution in [0.25, 0.3) is 0 Å². The molecule has 6 nitrogen and oxygen atoms in total. The van der Waals surface area contributed by atoms with Gasteiger partial charge in [-0.2, -0.15) is 5.10 Å². The summed E-state index contributed by atoms with van der Waals surface area (Å²) in [5.74, 6) is -0.820. The number of benzene rings is 1. The smallest absolute Gasteiger partial charge is 0.306 e. The average molecular weight is 300 g/mol. The summed E-state index contributed by atoms with van der Waals surface area (Å²) in [5.41, 5.74) is 2.26. The Hall–Kier alpha value is -2.37. The fraction of sp³-hybridized carbons (Fsp3) is 0.438. The third-order valence-corrected chi connectivity index (χ3v) is 4.21. The van der Waals surface area contributed by atoms with Crippen molar-refractivity contribution >= 4 is 11.7 Å². The molecular formula is C16H20N4O2. The van der Waals surface area contributed by atoms with Crippen LogP contribution in [0.2, 0.25) is 0 Å². The Morgan fingerprint density at radius 1 is 1.23 bits per heavy atom. The minimum atomic E-state index is -0.657. The van der Waals surface area contributed by atoms with E-state index in [0.29, 0.717) is 12.6 Å². The number of carboxylic acid groups (broad SMARTS) is 1. The van der Waals surface area contributed by atoms with Gasteiger partial charge in [0.1, 0.15) is 12.7 Å². The topological polar surface area (TPSA) is 80.0 Å². The Labute approximate surface area is 129 Å². The SMILES string of the molecule is O=C(O)C1CCC(Nc2ccc(Cn3cncn3)cc2)CC1. The second kappa shape index (κ2) is 6.60. The predicted molar refractivity (Wildman–Crippen MR) is 82.6 cm³/mol. The lowest BCUT2D eigenvalue weighted by Gasteiger charge is -2.27. The molecule has 0 spiro atoms. The van der Waals surface area contributed by atoms with Crippen LogP contribution in [-0.2, 0) is 11.3 Å². The van der Waals surface area contributed by atoms with Crippen LogP contribution >= 0.6 is 0 Å². The summed E-state index contributed by atoms with van der Waals surface area (Å²) < 4.78 is 1.79. The number of nitrogens with zero attached hydrogens (tertiary/aromatic N) is 3. The molecule has 6 heteroatoms. The maximum Gasteiger partial charge on any atom is 0.306 e. The number of carboxylic acids is 1. The minimum Gasteiger partial charge on any atom is -0.481 e. The Kier molecular flexibility index (Phi) is 4.37. The third-order valence-electron chi connectivity index (χ3n) is 4.21. The van der Waals surface area contributed by atoms with Crippen molar-refractivity contribution in [3.8, 4) is 0 Å². The molecule has 1 fully saturated rings. The van der Waals surface area contributed by atoms with Crippen molar-refractivity contribution in [2.24, 2.45) is 5.92 Å². The molecule has 0 saturated heterocycles. The molecule has 1 aliphatic rings. The Morgan fingerprint density at radius 2 is 1.95 bits per heavy atom. The standard InChI is InChI=1S/C16H20N4O2/c21-16(22)13-3-7-15(8-4-13)19-14-5-1-12(2-6-14)9-20-11-17-10-18-20/h1-2,5-6,10-11,13,15,19H,3-4,7-9H2,(H,21,22). The summed E-state index contributed by atoms with van der Waals surface area (Å²) in [6, 6.07) is 8.65. The van der Waals surface area contributed by atoms with Gasteiger partial charge in [0.15, 0.2) is 0 Å². The molecule has 1 aliphatic carbocycles. The highest BCUT2D eigenvalue weighted by Crippen LogP contribution is 2.26. The molecule has 0 radical (unpaired) electrons. The first-order valence-electron chi connectivity index (χ1n) is 7.61. The number of nitrogens with one attached hydrogen (secondary N) is 1.